The van der Waals surface area contributed by atoms with E-state index in [1.165, 1.54) is 22.3 Å². The Balaban J connectivity index is 1.51. The average Bonchev–Trinajstić information content (AvgIpc) is 2.83. The minimum absolute atomic E-state index is 0.0180. The van der Waals surface area contributed by atoms with E-state index in [1.54, 1.807) is 24.3 Å². The first-order valence-electron chi connectivity index (χ1n) is 11.1. The van der Waals surface area contributed by atoms with E-state index < -0.39 is 0 Å². The predicted molar refractivity (Wildman–Crippen MR) is 128 cm³/mol. The molecule has 5 rings (SSSR count). The highest BCUT2D eigenvalue weighted by Gasteiger charge is 2.22. The molecular weight excluding hydrogens is 394 g/mol. The fourth-order valence-corrected chi connectivity index (χ4v) is 4.77. The molecule has 3 nitrogen and oxygen atoms in total. The molecule has 3 heteroatoms. The van der Waals surface area contributed by atoms with E-state index in [0.717, 1.165) is 37.2 Å². The molecule has 2 N–H and O–H groups in total. The van der Waals surface area contributed by atoms with Crippen LogP contribution in [0, 0.1) is 0 Å². The van der Waals surface area contributed by atoms with E-state index >= 15 is 0 Å². The molecule has 32 heavy (non-hydrogen) atoms. The highest BCUT2D eigenvalue weighted by Crippen LogP contribution is 2.36. The molecule has 0 saturated heterocycles. The van der Waals surface area contributed by atoms with Crippen LogP contribution in [0.3, 0.4) is 0 Å². The Labute approximate surface area is 189 Å². The lowest BCUT2D eigenvalue weighted by atomic mass is 9.82. The monoisotopic (exact) mass is 421 g/mol. The molecule has 0 aliphatic carbocycles. The Morgan fingerprint density at radius 2 is 1.22 bits per heavy atom. The summed E-state index contributed by atoms with van der Waals surface area (Å²) in [6.07, 6.45) is 1.08. The van der Waals surface area contributed by atoms with Gasteiger partial charge in [0, 0.05) is 25.6 Å². The maximum absolute atomic E-state index is 9.83. The van der Waals surface area contributed by atoms with Crippen molar-refractivity contribution in [3.63, 3.8) is 0 Å². The van der Waals surface area contributed by atoms with Crippen molar-refractivity contribution in [3.05, 3.63) is 130 Å². The molecule has 0 unspecified atom stereocenters. The summed E-state index contributed by atoms with van der Waals surface area (Å²) in [4.78, 5) is 2.52. The minimum Gasteiger partial charge on any atom is -0.508 e. The minimum atomic E-state index is 0.0180. The number of benzene rings is 4. The summed E-state index contributed by atoms with van der Waals surface area (Å²) in [6.45, 7) is 2.90. The van der Waals surface area contributed by atoms with Crippen molar-refractivity contribution in [3.8, 4) is 11.5 Å². The maximum Gasteiger partial charge on any atom is 0.115 e. The topological polar surface area (TPSA) is 43.7 Å². The van der Waals surface area contributed by atoms with Crippen LogP contribution in [0.5, 0.6) is 11.5 Å². The first kappa shape index (κ1) is 20.3. The van der Waals surface area contributed by atoms with Crippen LogP contribution < -0.4 is 0 Å². The lowest BCUT2D eigenvalue weighted by molar-refractivity contribution is 0.245. The number of nitrogens with zero attached hydrogens (tertiary/aromatic N) is 1. The normalized spacial score (nSPS) is 13.8. The van der Waals surface area contributed by atoms with Crippen molar-refractivity contribution in [2.45, 2.75) is 25.4 Å². The summed E-state index contributed by atoms with van der Waals surface area (Å²) in [6, 6.07) is 32.3. The molecule has 0 atom stereocenters. The van der Waals surface area contributed by atoms with Gasteiger partial charge in [-0.25, -0.2) is 0 Å². The Morgan fingerprint density at radius 3 is 1.88 bits per heavy atom. The lowest BCUT2D eigenvalue weighted by Gasteiger charge is -2.30. The number of hydrogen-bond acceptors (Lipinski definition) is 3. The largest absolute Gasteiger partial charge is 0.508 e. The smallest absolute Gasteiger partial charge is 0.115 e. The van der Waals surface area contributed by atoms with Crippen molar-refractivity contribution in [2.24, 2.45) is 0 Å². The summed E-state index contributed by atoms with van der Waals surface area (Å²) in [5.41, 5.74) is 7.67. The van der Waals surface area contributed by atoms with E-state index in [4.69, 9.17) is 0 Å². The number of rotatable bonds is 5. The van der Waals surface area contributed by atoms with Gasteiger partial charge in [0.2, 0.25) is 0 Å². The van der Waals surface area contributed by atoms with E-state index in [9.17, 15) is 10.2 Å². The van der Waals surface area contributed by atoms with Gasteiger partial charge in [0.15, 0.2) is 0 Å². The van der Waals surface area contributed by atoms with Gasteiger partial charge in [-0.2, -0.15) is 0 Å². The van der Waals surface area contributed by atoms with E-state index in [1.807, 2.05) is 24.3 Å². The fraction of sp³-hybridized carbons (Fsp3) is 0.172. The SMILES string of the molecule is Oc1ccc(C(c2ccc(O)cc2)c2ccccc2CN2CCc3ccccc3C2)cc1. The van der Waals surface area contributed by atoms with Crippen LogP contribution in [0.4, 0.5) is 0 Å². The second-order valence-electron chi connectivity index (χ2n) is 8.54. The molecule has 0 aromatic heterocycles. The second kappa shape index (κ2) is 8.89. The van der Waals surface area contributed by atoms with Crippen LogP contribution in [0.2, 0.25) is 0 Å². The number of phenolic OH excluding ortho intramolecular Hbond substituents is 2. The van der Waals surface area contributed by atoms with Gasteiger partial charge in [-0.15, -0.1) is 0 Å². The summed E-state index contributed by atoms with van der Waals surface area (Å²) in [7, 11) is 0. The molecule has 4 aromatic carbocycles. The summed E-state index contributed by atoms with van der Waals surface area (Å²) in [5.74, 6) is 0.543. The molecule has 1 heterocycles. The van der Waals surface area contributed by atoms with Gasteiger partial charge in [0.05, 0.1) is 0 Å². The third-order valence-electron chi connectivity index (χ3n) is 6.42. The maximum atomic E-state index is 9.83. The number of fused-ring (bicyclic) bond motifs is 1. The predicted octanol–water partition coefficient (Wildman–Crippen LogP) is 5.84. The first-order valence-corrected chi connectivity index (χ1v) is 11.1. The Bertz CT molecular complexity index is 1150. The van der Waals surface area contributed by atoms with Crippen molar-refractivity contribution in [1.29, 1.82) is 0 Å². The van der Waals surface area contributed by atoms with Crippen LogP contribution >= 0.6 is 0 Å². The molecular formula is C29H27NO2. The zero-order chi connectivity index (χ0) is 21.9. The number of aromatic hydroxyl groups is 2. The molecule has 160 valence electrons. The van der Waals surface area contributed by atoms with Crippen molar-refractivity contribution >= 4 is 0 Å². The Morgan fingerprint density at radius 1 is 0.656 bits per heavy atom. The molecule has 0 spiro atoms. The third kappa shape index (κ3) is 4.25. The zero-order valence-electron chi connectivity index (χ0n) is 18.0. The van der Waals surface area contributed by atoms with E-state index in [0.29, 0.717) is 0 Å². The van der Waals surface area contributed by atoms with Gasteiger partial charge in [0.1, 0.15) is 11.5 Å². The summed E-state index contributed by atoms with van der Waals surface area (Å²) < 4.78 is 0. The molecule has 0 bridgehead atoms. The van der Waals surface area contributed by atoms with Gasteiger partial charge in [-0.1, -0.05) is 72.8 Å². The van der Waals surface area contributed by atoms with Crippen LogP contribution in [0.25, 0.3) is 0 Å². The number of hydrogen-bond donors (Lipinski definition) is 2. The van der Waals surface area contributed by atoms with Crippen LogP contribution in [0.15, 0.2) is 97.1 Å². The molecule has 1 aliphatic rings. The van der Waals surface area contributed by atoms with Crippen molar-refractivity contribution in [2.75, 3.05) is 6.54 Å². The zero-order valence-corrected chi connectivity index (χ0v) is 18.0. The van der Waals surface area contributed by atoms with Gasteiger partial charge >= 0.3 is 0 Å². The highest BCUT2D eigenvalue weighted by molar-refractivity contribution is 5.48. The molecule has 0 saturated carbocycles. The van der Waals surface area contributed by atoms with Crippen LogP contribution in [0.1, 0.15) is 39.3 Å². The highest BCUT2D eigenvalue weighted by atomic mass is 16.3. The number of phenols is 2. The van der Waals surface area contributed by atoms with Gasteiger partial charge in [-0.3, -0.25) is 4.90 Å². The van der Waals surface area contributed by atoms with Crippen molar-refractivity contribution < 1.29 is 10.2 Å². The third-order valence-corrected chi connectivity index (χ3v) is 6.42. The summed E-state index contributed by atoms with van der Waals surface area (Å²) >= 11 is 0. The molecule has 1 aliphatic heterocycles. The Kier molecular flexibility index (Phi) is 5.66. The molecule has 0 fully saturated rings. The molecule has 0 amide bonds. The lowest BCUT2D eigenvalue weighted by Crippen LogP contribution is -2.30. The quantitative estimate of drug-likeness (QED) is 0.398. The molecule has 0 radical (unpaired) electrons. The second-order valence-corrected chi connectivity index (χ2v) is 8.54. The van der Waals surface area contributed by atoms with Gasteiger partial charge < -0.3 is 10.2 Å². The summed E-state index contributed by atoms with van der Waals surface area (Å²) in [5, 5.41) is 19.7. The van der Waals surface area contributed by atoms with Gasteiger partial charge in [0.25, 0.3) is 0 Å². The van der Waals surface area contributed by atoms with E-state index in [2.05, 4.69) is 53.4 Å². The first-order chi connectivity index (χ1) is 15.7. The average molecular weight is 422 g/mol. The Hall–Kier alpha value is -3.56. The van der Waals surface area contributed by atoms with Crippen LogP contribution in [-0.2, 0) is 19.5 Å². The fourth-order valence-electron chi connectivity index (χ4n) is 4.77. The van der Waals surface area contributed by atoms with Crippen molar-refractivity contribution in [1.82, 2.24) is 4.90 Å². The standard InChI is InChI=1S/C29H27NO2/c31-26-13-9-22(10-14-26)29(23-11-15-27(32)16-12-23)28-8-4-3-7-25(28)20-30-18-17-21-5-1-2-6-24(21)19-30/h1-16,29,31-32H,17-20H2. The molecule has 4 aromatic rings. The van der Waals surface area contributed by atoms with Crippen LogP contribution in [-0.4, -0.2) is 21.7 Å². The van der Waals surface area contributed by atoms with E-state index in [-0.39, 0.29) is 17.4 Å². The van der Waals surface area contributed by atoms with Gasteiger partial charge in [-0.05, 0) is 64.1 Å².